The fourth-order valence-electron chi connectivity index (χ4n) is 3.01. The summed E-state index contributed by atoms with van der Waals surface area (Å²) in [6.45, 7) is 1.16. The van der Waals surface area contributed by atoms with Crippen LogP contribution >= 0.6 is 11.8 Å². The van der Waals surface area contributed by atoms with E-state index in [1.165, 1.54) is 22.5 Å². The fourth-order valence-corrected chi connectivity index (χ4v) is 4.28. The Kier molecular flexibility index (Phi) is 4.24. The molecule has 1 saturated heterocycles. The third kappa shape index (κ3) is 2.55. The number of likely N-dealkylation sites (N-methyl/N-ethyl adjacent to an activating group) is 2. The van der Waals surface area contributed by atoms with Crippen LogP contribution in [0.25, 0.3) is 10.9 Å². The summed E-state index contributed by atoms with van der Waals surface area (Å²) in [6, 6.07) is 11.5. The van der Waals surface area contributed by atoms with Gasteiger partial charge in [-0.05, 0) is 31.8 Å². The van der Waals surface area contributed by atoms with Crippen molar-refractivity contribution < 1.29 is 0 Å². The lowest BCUT2D eigenvalue weighted by Crippen LogP contribution is -2.47. The molecular formula is C16H21N3S. The number of fused-ring (bicyclic) bond motifs is 1. The van der Waals surface area contributed by atoms with Crippen LogP contribution in [0.15, 0.2) is 36.5 Å². The molecule has 0 saturated carbocycles. The van der Waals surface area contributed by atoms with Gasteiger partial charge < -0.3 is 5.32 Å². The number of thioether (sulfide) groups is 1. The average Bonchev–Trinajstić information content (AvgIpc) is 2.50. The standard InChI is InChI=1S/C16H21N3S/c1-17-16(15-11-20-10-9-19(15)2)13-5-3-7-14-12(13)6-4-8-18-14/h3-8,15-17H,9-11H2,1-2H3. The van der Waals surface area contributed by atoms with E-state index >= 15 is 0 Å². The predicted molar refractivity (Wildman–Crippen MR) is 87.3 cm³/mol. The summed E-state index contributed by atoms with van der Waals surface area (Å²) < 4.78 is 0. The van der Waals surface area contributed by atoms with Gasteiger partial charge in [0.1, 0.15) is 0 Å². The van der Waals surface area contributed by atoms with Crippen molar-refractivity contribution in [1.82, 2.24) is 15.2 Å². The van der Waals surface area contributed by atoms with Gasteiger partial charge in [-0.15, -0.1) is 0 Å². The minimum absolute atomic E-state index is 0.348. The Morgan fingerprint density at radius 2 is 2.25 bits per heavy atom. The SMILES string of the molecule is CNC(c1cccc2ncccc12)C1CSCCN1C. The van der Waals surface area contributed by atoms with Gasteiger partial charge in [0.2, 0.25) is 0 Å². The summed E-state index contributed by atoms with van der Waals surface area (Å²) in [7, 11) is 4.30. The third-order valence-electron chi connectivity index (χ3n) is 4.15. The number of pyridine rings is 1. The Hall–Kier alpha value is -1.10. The van der Waals surface area contributed by atoms with Crippen LogP contribution in [0.1, 0.15) is 11.6 Å². The summed E-state index contributed by atoms with van der Waals surface area (Å²) in [5, 5.41) is 4.79. The maximum atomic E-state index is 4.48. The first-order valence-electron chi connectivity index (χ1n) is 7.10. The van der Waals surface area contributed by atoms with Crippen LogP contribution in [0.3, 0.4) is 0 Å². The van der Waals surface area contributed by atoms with Crippen molar-refractivity contribution in [3.63, 3.8) is 0 Å². The summed E-state index contributed by atoms with van der Waals surface area (Å²) in [5.74, 6) is 2.42. The Balaban J connectivity index is 2.02. The van der Waals surface area contributed by atoms with Crippen molar-refractivity contribution in [2.75, 3.05) is 32.1 Å². The van der Waals surface area contributed by atoms with Gasteiger partial charge in [0, 0.05) is 41.7 Å². The van der Waals surface area contributed by atoms with E-state index < -0.39 is 0 Å². The Morgan fingerprint density at radius 3 is 3.05 bits per heavy atom. The van der Waals surface area contributed by atoms with Gasteiger partial charge >= 0.3 is 0 Å². The molecule has 4 heteroatoms. The van der Waals surface area contributed by atoms with Crippen molar-refractivity contribution in [3.8, 4) is 0 Å². The highest BCUT2D eigenvalue weighted by molar-refractivity contribution is 7.99. The highest BCUT2D eigenvalue weighted by atomic mass is 32.2. The number of hydrogen-bond acceptors (Lipinski definition) is 4. The molecule has 0 bridgehead atoms. The van der Waals surface area contributed by atoms with Crippen molar-refractivity contribution in [1.29, 1.82) is 0 Å². The Morgan fingerprint density at radius 1 is 1.35 bits per heavy atom. The average molecular weight is 287 g/mol. The maximum Gasteiger partial charge on any atom is 0.0705 e. The molecule has 2 atom stereocenters. The lowest BCUT2D eigenvalue weighted by molar-refractivity contribution is 0.222. The van der Waals surface area contributed by atoms with Crippen LogP contribution in [-0.4, -0.2) is 48.1 Å². The van der Waals surface area contributed by atoms with Crippen molar-refractivity contribution >= 4 is 22.7 Å². The molecule has 3 nitrogen and oxygen atoms in total. The molecule has 2 unspecified atom stereocenters. The van der Waals surface area contributed by atoms with Gasteiger partial charge in [-0.25, -0.2) is 0 Å². The van der Waals surface area contributed by atoms with E-state index in [-0.39, 0.29) is 0 Å². The molecule has 0 amide bonds. The van der Waals surface area contributed by atoms with E-state index in [0.717, 1.165) is 12.1 Å². The highest BCUT2D eigenvalue weighted by Crippen LogP contribution is 2.30. The molecule has 1 N–H and O–H groups in total. The van der Waals surface area contributed by atoms with Crippen LogP contribution in [0.2, 0.25) is 0 Å². The van der Waals surface area contributed by atoms with E-state index in [2.05, 4.69) is 65.3 Å². The van der Waals surface area contributed by atoms with Crippen LogP contribution in [-0.2, 0) is 0 Å². The maximum absolute atomic E-state index is 4.48. The smallest absolute Gasteiger partial charge is 0.0705 e. The van der Waals surface area contributed by atoms with E-state index in [1.807, 2.05) is 12.3 Å². The quantitative estimate of drug-likeness (QED) is 0.939. The lowest BCUT2D eigenvalue weighted by Gasteiger charge is -2.38. The van der Waals surface area contributed by atoms with Crippen LogP contribution < -0.4 is 5.32 Å². The number of nitrogens with zero attached hydrogens (tertiary/aromatic N) is 2. The zero-order valence-electron chi connectivity index (χ0n) is 12.0. The largest absolute Gasteiger partial charge is 0.312 e. The monoisotopic (exact) mass is 287 g/mol. The number of rotatable bonds is 3. The molecule has 2 aromatic rings. The summed E-state index contributed by atoms with van der Waals surface area (Å²) in [4.78, 5) is 6.96. The molecule has 3 rings (SSSR count). The van der Waals surface area contributed by atoms with Crippen LogP contribution in [0.4, 0.5) is 0 Å². The number of nitrogens with one attached hydrogen (secondary N) is 1. The predicted octanol–water partition coefficient (Wildman–Crippen LogP) is 2.54. The van der Waals surface area contributed by atoms with E-state index in [9.17, 15) is 0 Å². The van der Waals surface area contributed by atoms with Gasteiger partial charge in [0.25, 0.3) is 0 Å². The molecule has 1 aromatic carbocycles. The molecule has 1 aliphatic rings. The normalized spacial score (nSPS) is 22.0. The zero-order valence-corrected chi connectivity index (χ0v) is 12.9. The second kappa shape index (κ2) is 6.12. The van der Waals surface area contributed by atoms with Gasteiger partial charge in [0.15, 0.2) is 0 Å². The highest BCUT2D eigenvalue weighted by Gasteiger charge is 2.29. The van der Waals surface area contributed by atoms with E-state index in [4.69, 9.17) is 0 Å². The molecule has 0 radical (unpaired) electrons. The van der Waals surface area contributed by atoms with Gasteiger partial charge in [-0.2, -0.15) is 11.8 Å². The molecule has 2 heterocycles. The molecular weight excluding hydrogens is 266 g/mol. The molecule has 1 aliphatic heterocycles. The number of benzene rings is 1. The Bertz CT molecular complexity index is 581. The van der Waals surface area contributed by atoms with Crippen molar-refractivity contribution in [3.05, 3.63) is 42.1 Å². The van der Waals surface area contributed by atoms with Crippen LogP contribution in [0.5, 0.6) is 0 Å². The minimum Gasteiger partial charge on any atom is -0.312 e. The summed E-state index contributed by atoms with van der Waals surface area (Å²) in [6.07, 6.45) is 1.86. The molecule has 1 aromatic heterocycles. The second-order valence-electron chi connectivity index (χ2n) is 5.31. The van der Waals surface area contributed by atoms with E-state index in [0.29, 0.717) is 12.1 Å². The van der Waals surface area contributed by atoms with Gasteiger partial charge in [-0.1, -0.05) is 18.2 Å². The molecule has 1 fully saturated rings. The Labute approximate surface area is 124 Å². The lowest BCUT2D eigenvalue weighted by atomic mass is 9.95. The van der Waals surface area contributed by atoms with Crippen molar-refractivity contribution in [2.45, 2.75) is 12.1 Å². The van der Waals surface area contributed by atoms with Crippen molar-refractivity contribution in [2.24, 2.45) is 0 Å². The molecule has 0 aliphatic carbocycles. The number of hydrogen-bond donors (Lipinski definition) is 1. The topological polar surface area (TPSA) is 28.2 Å². The first-order chi connectivity index (χ1) is 9.81. The third-order valence-corrected chi connectivity index (χ3v) is 5.20. The molecule has 20 heavy (non-hydrogen) atoms. The zero-order chi connectivity index (χ0) is 13.9. The molecule has 0 spiro atoms. The van der Waals surface area contributed by atoms with Gasteiger partial charge in [0.05, 0.1) is 5.52 Å². The first-order valence-corrected chi connectivity index (χ1v) is 8.25. The first kappa shape index (κ1) is 13.9. The summed E-state index contributed by atoms with van der Waals surface area (Å²) >= 11 is 2.05. The second-order valence-corrected chi connectivity index (χ2v) is 6.46. The fraction of sp³-hybridized carbons (Fsp3) is 0.438. The number of aromatic nitrogens is 1. The molecule has 106 valence electrons. The van der Waals surface area contributed by atoms with Crippen LogP contribution in [0, 0.1) is 0 Å². The summed E-state index contributed by atoms with van der Waals surface area (Å²) in [5.41, 5.74) is 2.44. The van der Waals surface area contributed by atoms with E-state index in [1.54, 1.807) is 0 Å². The van der Waals surface area contributed by atoms with Gasteiger partial charge in [-0.3, -0.25) is 9.88 Å². The minimum atomic E-state index is 0.348.